The van der Waals surface area contributed by atoms with E-state index in [1.54, 1.807) is 0 Å². The van der Waals surface area contributed by atoms with Crippen LogP contribution in [0.2, 0.25) is 0 Å². The molecule has 0 aliphatic heterocycles. The van der Waals surface area contributed by atoms with Crippen LogP contribution in [0.3, 0.4) is 0 Å². The largest absolute Gasteiger partial charge is 0.481 e. The van der Waals surface area contributed by atoms with Gasteiger partial charge in [-0.1, -0.05) is 141 Å². The molecule has 0 saturated carbocycles. The topological polar surface area (TPSA) is 317 Å². The Bertz CT molecular complexity index is 1260. The van der Waals surface area contributed by atoms with Gasteiger partial charge in [-0.05, 0) is 100 Å². The summed E-state index contributed by atoms with van der Waals surface area (Å²) in [5, 5.41) is 153. The third kappa shape index (κ3) is 26.4. The highest BCUT2D eigenvalue weighted by molar-refractivity contribution is 5.76. The Balaban J connectivity index is 7.24. The summed E-state index contributed by atoms with van der Waals surface area (Å²) in [6.45, 7) is -2.91. The first-order valence-electron chi connectivity index (χ1n) is 27.4. The van der Waals surface area contributed by atoms with Crippen LogP contribution in [0.4, 0.5) is 0 Å². The van der Waals surface area contributed by atoms with Crippen molar-refractivity contribution in [2.45, 2.75) is 255 Å². The van der Waals surface area contributed by atoms with Gasteiger partial charge >= 0.3 is 11.9 Å². The van der Waals surface area contributed by atoms with E-state index >= 15 is 0 Å². The van der Waals surface area contributed by atoms with Crippen molar-refractivity contribution >= 4 is 11.9 Å². The van der Waals surface area contributed by atoms with E-state index in [0.29, 0.717) is 32.1 Å². The van der Waals surface area contributed by atoms with Crippen LogP contribution in [-0.2, 0) is 9.59 Å². The fraction of sp³-hybridized carbons (Fsp3) is 0.926. The van der Waals surface area contributed by atoms with Gasteiger partial charge in [0.25, 0.3) is 0 Å². The van der Waals surface area contributed by atoms with E-state index in [1.807, 2.05) is 0 Å². The molecule has 16 nitrogen and oxygen atoms in total. The molecule has 0 rings (SSSR count). The van der Waals surface area contributed by atoms with Gasteiger partial charge in [-0.25, -0.2) is 0 Å². The minimum absolute atomic E-state index is 0.209. The molecule has 0 spiro atoms. The van der Waals surface area contributed by atoms with Crippen LogP contribution in [0.5, 0.6) is 0 Å². The van der Waals surface area contributed by atoms with Gasteiger partial charge < -0.3 is 71.5 Å². The SMILES string of the molecule is CCCCCCCCCCCCCC(CC(O)CO)C(CC(O)CO)(CC(O)CO)C(CC(O)CO)(CC(O)CO)C(CCCCCCCCC=CCCCCCCCC(=O)O)(CC(O)CO)C(=O)O. The molecule has 0 aromatic heterocycles. The molecule has 0 heterocycles. The van der Waals surface area contributed by atoms with Crippen molar-refractivity contribution in [3.8, 4) is 0 Å². The molecule has 0 bridgehead atoms. The van der Waals surface area contributed by atoms with Crippen molar-refractivity contribution in [1.29, 1.82) is 0 Å². The maximum Gasteiger partial charge on any atom is 0.310 e. The van der Waals surface area contributed by atoms with Gasteiger partial charge in [0.2, 0.25) is 0 Å². The van der Waals surface area contributed by atoms with Crippen LogP contribution in [0, 0.1) is 22.2 Å². The molecule has 416 valence electrons. The first-order valence-corrected chi connectivity index (χ1v) is 27.4. The number of allylic oxidation sites excluding steroid dienone is 2. The standard InChI is InChI=1S/C54H104O16/c1-2-3-4-5-6-7-13-16-19-22-25-28-43(31-44(61)37-55)53(33-46(63)39-57,34-47(64)40-58)54(35-48(65)41-59,36-49(66)42-60)52(51(69)70,32-45(62)38-56)30-27-24-21-18-15-12-10-8-9-11-14-17-20-23-26-29-50(67)68/h8-9,43-49,55-66H,2-7,10-42H2,1H3,(H,67,68)(H,69,70). The number of carboxylic acids is 2. The highest BCUT2D eigenvalue weighted by Gasteiger charge is 2.68. The van der Waals surface area contributed by atoms with Crippen LogP contribution in [0.1, 0.15) is 219 Å². The van der Waals surface area contributed by atoms with Gasteiger partial charge in [-0.15, -0.1) is 0 Å². The Morgan fingerprint density at radius 3 is 1.19 bits per heavy atom. The molecule has 14 N–H and O–H groups in total. The van der Waals surface area contributed by atoms with Gasteiger partial charge in [0.15, 0.2) is 0 Å². The Morgan fingerprint density at radius 1 is 0.429 bits per heavy atom. The molecule has 0 radical (unpaired) electrons. The van der Waals surface area contributed by atoms with Gasteiger partial charge in [0, 0.05) is 6.42 Å². The van der Waals surface area contributed by atoms with Crippen molar-refractivity contribution in [2.24, 2.45) is 22.2 Å². The molecule has 0 fully saturated rings. The zero-order chi connectivity index (χ0) is 52.7. The summed E-state index contributed by atoms with van der Waals surface area (Å²) < 4.78 is 0. The second-order valence-electron chi connectivity index (χ2n) is 20.8. The van der Waals surface area contributed by atoms with Gasteiger partial charge in [-0.2, -0.15) is 0 Å². The van der Waals surface area contributed by atoms with E-state index in [4.69, 9.17) is 5.11 Å². The third-order valence-corrected chi connectivity index (χ3v) is 15.1. The highest BCUT2D eigenvalue weighted by atomic mass is 16.4. The number of hydrogen-bond acceptors (Lipinski definition) is 14. The maximum absolute atomic E-state index is 14.6. The smallest absolute Gasteiger partial charge is 0.310 e. The zero-order valence-electron chi connectivity index (χ0n) is 43.4. The fourth-order valence-electron chi connectivity index (χ4n) is 11.6. The van der Waals surface area contributed by atoms with E-state index < -0.39 is 142 Å². The summed E-state index contributed by atoms with van der Waals surface area (Å²) in [5.74, 6) is -3.22. The quantitative estimate of drug-likeness (QED) is 0.0235. The highest BCUT2D eigenvalue weighted by Crippen LogP contribution is 2.68. The Labute approximate surface area is 421 Å². The first kappa shape index (κ1) is 68.2. The third-order valence-electron chi connectivity index (χ3n) is 15.1. The molecule has 16 heteroatoms. The minimum Gasteiger partial charge on any atom is -0.481 e. The Morgan fingerprint density at radius 2 is 0.786 bits per heavy atom. The number of aliphatic hydroxyl groups excluding tert-OH is 12. The van der Waals surface area contributed by atoms with Crippen LogP contribution in [-0.4, -0.2) is 160 Å². The fourth-order valence-corrected chi connectivity index (χ4v) is 11.6. The number of carbonyl (C=O) groups is 2. The summed E-state index contributed by atoms with van der Waals surface area (Å²) >= 11 is 0. The molecule has 0 aromatic carbocycles. The number of rotatable bonds is 51. The van der Waals surface area contributed by atoms with E-state index in [-0.39, 0.29) is 32.1 Å². The van der Waals surface area contributed by atoms with Crippen LogP contribution >= 0.6 is 0 Å². The number of hydrogen-bond donors (Lipinski definition) is 14. The molecule has 0 aliphatic carbocycles. The first-order chi connectivity index (χ1) is 33.5. The van der Waals surface area contributed by atoms with E-state index in [2.05, 4.69) is 19.1 Å². The number of carboxylic acid groups (broad SMARTS) is 2. The zero-order valence-corrected chi connectivity index (χ0v) is 43.4. The molecule has 8 unspecified atom stereocenters. The number of aliphatic carboxylic acids is 2. The van der Waals surface area contributed by atoms with Crippen molar-refractivity contribution in [3.05, 3.63) is 12.2 Å². The second kappa shape index (κ2) is 41.5. The van der Waals surface area contributed by atoms with Crippen LogP contribution < -0.4 is 0 Å². The number of aliphatic hydroxyl groups is 12. The van der Waals surface area contributed by atoms with Gasteiger partial charge in [0.05, 0.1) is 81.7 Å². The van der Waals surface area contributed by atoms with Gasteiger partial charge in [0.1, 0.15) is 0 Å². The predicted molar refractivity (Wildman–Crippen MR) is 272 cm³/mol. The van der Waals surface area contributed by atoms with Gasteiger partial charge in [-0.3, -0.25) is 9.59 Å². The normalized spacial score (nSPS) is 17.8. The van der Waals surface area contributed by atoms with Crippen molar-refractivity contribution < 1.29 is 81.1 Å². The monoisotopic (exact) mass is 1010 g/mol. The summed E-state index contributed by atoms with van der Waals surface area (Å²) in [6.07, 6.45) is 13.5. The summed E-state index contributed by atoms with van der Waals surface area (Å²) in [5.41, 5.74) is -6.28. The van der Waals surface area contributed by atoms with Crippen molar-refractivity contribution in [1.82, 2.24) is 0 Å². The number of unbranched alkanes of at least 4 members (excludes halogenated alkanes) is 21. The lowest BCUT2D eigenvalue weighted by molar-refractivity contribution is -0.225. The minimum atomic E-state index is -2.26. The van der Waals surface area contributed by atoms with Crippen molar-refractivity contribution in [2.75, 3.05) is 39.6 Å². The lowest BCUT2D eigenvalue weighted by atomic mass is 9.39. The Kier molecular flexibility index (Phi) is 40.5. The lowest BCUT2D eigenvalue weighted by Crippen LogP contribution is -2.65. The van der Waals surface area contributed by atoms with Crippen LogP contribution in [0.25, 0.3) is 0 Å². The summed E-state index contributed by atoms with van der Waals surface area (Å²) in [4.78, 5) is 25.2. The maximum atomic E-state index is 14.6. The summed E-state index contributed by atoms with van der Waals surface area (Å²) in [7, 11) is 0. The van der Waals surface area contributed by atoms with Crippen molar-refractivity contribution in [3.63, 3.8) is 0 Å². The summed E-state index contributed by atoms with van der Waals surface area (Å²) in [6, 6.07) is 0. The molecular weight excluding hydrogens is 905 g/mol. The van der Waals surface area contributed by atoms with Crippen LogP contribution in [0.15, 0.2) is 12.2 Å². The second-order valence-corrected chi connectivity index (χ2v) is 20.8. The van der Waals surface area contributed by atoms with E-state index in [1.165, 1.54) is 25.7 Å². The molecule has 0 aliphatic rings. The van der Waals surface area contributed by atoms with E-state index in [0.717, 1.165) is 89.9 Å². The molecule has 0 saturated heterocycles. The van der Waals surface area contributed by atoms with E-state index in [9.17, 15) is 76.0 Å². The lowest BCUT2D eigenvalue weighted by Gasteiger charge is -2.64. The predicted octanol–water partition coefficient (Wildman–Crippen LogP) is 6.30. The molecule has 70 heavy (non-hydrogen) atoms. The molecule has 0 amide bonds. The molecule has 0 aromatic rings. The molecule has 8 atom stereocenters. The molecular formula is C54H104O16. The average molecular weight is 1010 g/mol. The Hall–Kier alpha value is -1.80. The average Bonchev–Trinajstić information content (AvgIpc) is 3.34.